The molecule has 1 aromatic rings. The minimum absolute atomic E-state index is 0.367. The number of nitrogens with zero attached hydrogens (tertiary/aromatic N) is 1. The summed E-state index contributed by atoms with van der Waals surface area (Å²) in [6.45, 7) is 5.52. The maximum Gasteiger partial charge on any atom is 0.243 e. The van der Waals surface area contributed by atoms with Crippen LogP contribution in [-0.4, -0.2) is 25.8 Å². The van der Waals surface area contributed by atoms with E-state index >= 15 is 0 Å². The van der Waals surface area contributed by atoms with Crippen LogP contribution in [0.1, 0.15) is 24.5 Å². The van der Waals surface area contributed by atoms with Gasteiger partial charge in [0, 0.05) is 19.6 Å². The first kappa shape index (κ1) is 13.5. The first-order chi connectivity index (χ1) is 8.46. The molecule has 0 aromatic heterocycles. The predicted molar refractivity (Wildman–Crippen MR) is 71.6 cm³/mol. The largest absolute Gasteiger partial charge is 0.326 e. The van der Waals surface area contributed by atoms with Gasteiger partial charge in [-0.15, -0.1) is 0 Å². The Labute approximate surface area is 109 Å². The first-order valence-electron chi connectivity index (χ1n) is 6.25. The van der Waals surface area contributed by atoms with Gasteiger partial charge in [-0.2, -0.15) is 4.31 Å². The molecule has 4 nitrogen and oxygen atoms in total. The lowest BCUT2D eigenvalue weighted by Crippen LogP contribution is -2.29. The van der Waals surface area contributed by atoms with Crippen LogP contribution in [0, 0.1) is 12.8 Å². The molecule has 1 heterocycles. The second kappa shape index (κ2) is 4.99. The van der Waals surface area contributed by atoms with Crippen molar-refractivity contribution in [2.45, 2.75) is 31.7 Å². The molecule has 1 fully saturated rings. The van der Waals surface area contributed by atoms with Gasteiger partial charge in [0.05, 0.1) is 4.90 Å². The standard InChI is InChI=1S/C13H20N2O2S/c1-10-6-7-15(9-10)18(16,17)13-5-3-4-12(8-14)11(13)2/h3-5,10H,6-9,14H2,1-2H3. The van der Waals surface area contributed by atoms with Gasteiger partial charge in [-0.25, -0.2) is 8.42 Å². The minimum Gasteiger partial charge on any atom is -0.326 e. The summed E-state index contributed by atoms with van der Waals surface area (Å²) in [6, 6.07) is 5.31. The average molecular weight is 268 g/mol. The zero-order valence-electron chi connectivity index (χ0n) is 10.9. The highest BCUT2D eigenvalue weighted by atomic mass is 32.2. The van der Waals surface area contributed by atoms with Gasteiger partial charge in [0.2, 0.25) is 10.0 Å². The summed E-state index contributed by atoms with van der Waals surface area (Å²) in [5, 5.41) is 0. The fourth-order valence-corrected chi connectivity index (χ4v) is 4.26. The van der Waals surface area contributed by atoms with E-state index in [0.29, 0.717) is 30.4 Å². The summed E-state index contributed by atoms with van der Waals surface area (Å²) in [6.07, 6.45) is 0.939. The smallest absolute Gasteiger partial charge is 0.243 e. The van der Waals surface area contributed by atoms with E-state index in [9.17, 15) is 8.42 Å². The summed E-state index contributed by atoms with van der Waals surface area (Å²) < 4.78 is 26.7. The molecule has 0 aliphatic carbocycles. The Kier molecular flexibility index (Phi) is 3.75. The zero-order valence-corrected chi connectivity index (χ0v) is 11.7. The number of sulfonamides is 1. The maximum absolute atomic E-state index is 12.6. The van der Waals surface area contributed by atoms with E-state index in [1.165, 1.54) is 0 Å². The quantitative estimate of drug-likeness (QED) is 0.903. The van der Waals surface area contributed by atoms with Gasteiger partial charge in [-0.05, 0) is 36.5 Å². The molecule has 1 atom stereocenters. The average Bonchev–Trinajstić information content (AvgIpc) is 2.76. The Balaban J connectivity index is 2.42. The number of hydrogen-bond donors (Lipinski definition) is 1. The van der Waals surface area contributed by atoms with Crippen LogP contribution in [0.2, 0.25) is 0 Å². The third-order valence-corrected chi connectivity index (χ3v) is 5.63. The molecule has 5 heteroatoms. The summed E-state index contributed by atoms with van der Waals surface area (Å²) in [5.74, 6) is 0.442. The van der Waals surface area contributed by atoms with Gasteiger partial charge in [0.1, 0.15) is 0 Å². The van der Waals surface area contributed by atoms with Gasteiger partial charge >= 0.3 is 0 Å². The van der Waals surface area contributed by atoms with Crippen molar-refractivity contribution >= 4 is 10.0 Å². The summed E-state index contributed by atoms with van der Waals surface area (Å²) in [7, 11) is -3.36. The Morgan fingerprint density at radius 1 is 1.44 bits per heavy atom. The van der Waals surface area contributed by atoms with Crippen molar-refractivity contribution < 1.29 is 8.42 Å². The van der Waals surface area contributed by atoms with Crippen molar-refractivity contribution in [3.8, 4) is 0 Å². The van der Waals surface area contributed by atoms with E-state index in [2.05, 4.69) is 6.92 Å². The molecule has 2 N–H and O–H groups in total. The van der Waals surface area contributed by atoms with Crippen LogP contribution in [0.5, 0.6) is 0 Å². The van der Waals surface area contributed by atoms with Crippen LogP contribution in [-0.2, 0) is 16.6 Å². The lowest BCUT2D eigenvalue weighted by Gasteiger charge is -2.18. The van der Waals surface area contributed by atoms with E-state index in [1.807, 2.05) is 13.0 Å². The molecule has 1 aliphatic heterocycles. The SMILES string of the molecule is Cc1c(CN)cccc1S(=O)(=O)N1CCC(C)C1. The Hall–Kier alpha value is -0.910. The van der Waals surface area contributed by atoms with Crippen LogP contribution in [0.4, 0.5) is 0 Å². The second-order valence-corrected chi connectivity index (χ2v) is 6.91. The first-order valence-corrected chi connectivity index (χ1v) is 7.69. The van der Waals surface area contributed by atoms with Crippen molar-refractivity contribution in [1.29, 1.82) is 0 Å². The molecular weight excluding hydrogens is 248 g/mol. The second-order valence-electron chi connectivity index (χ2n) is 5.00. The lowest BCUT2D eigenvalue weighted by atomic mass is 10.1. The molecule has 1 unspecified atom stereocenters. The molecule has 18 heavy (non-hydrogen) atoms. The molecule has 0 radical (unpaired) electrons. The summed E-state index contributed by atoms with van der Waals surface area (Å²) in [5.41, 5.74) is 7.30. The molecule has 1 saturated heterocycles. The van der Waals surface area contributed by atoms with E-state index in [0.717, 1.165) is 17.5 Å². The molecule has 100 valence electrons. The topological polar surface area (TPSA) is 63.4 Å². The lowest BCUT2D eigenvalue weighted by molar-refractivity contribution is 0.464. The predicted octanol–water partition coefficient (Wildman–Crippen LogP) is 1.48. The van der Waals surface area contributed by atoms with E-state index in [4.69, 9.17) is 5.73 Å². The number of rotatable bonds is 3. The Bertz CT molecular complexity index is 540. The number of benzene rings is 1. The van der Waals surface area contributed by atoms with Crippen molar-refractivity contribution in [3.63, 3.8) is 0 Å². The van der Waals surface area contributed by atoms with E-state index < -0.39 is 10.0 Å². The highest BCUT2D eigenvalue weighted by Gasteiger charge is 2.31. The highest BCUT2D eigenvalue weighted by Crippen LogP contribution is 2.27. The van der Waals surface area contributed by atoms with Gasteiger partial charge < -0.3 is 5.73 Å². The third kappa shape index (κ3) is 2.30. The fourth-order valence-electron chi connectivity index (χ4n) is 2.41. The maximum atomic E-state index is 12.6. The Morgan fingerprint density at radius 3 is 2.72 bits per heavy atom. The number of hydrogen-bond acceptors (Lipinski definition) is 3. The Morgan fingerprint density at radius 2 is 2.17 bits per heavy atom. The van der Waals surface area contributed by atoms with Crippen LogP contribution in [0.15, 0.2) is 23.1 Å². The van der Waals surface area contributed by atoms with Gasteiger partial charge in [-0.1, -0.05) is 19.1 Å². The summed E-state index contributed by atoms with van der Waals surface area (Å²) >= 11 is 0. The highest BCUT2D eigenvalue weighted by molar-refractivity contribution is 7.89. The fraction of sp³-hybridized carbons (Fsp3) is 0.538. The molecule has 1 aliphatic rings. The molecule has 0 bridgehead atoms. The van der Waals surface area contributed by atoms with Crippen molar-refractivity contribution in [3.05, 3.63) is 29.3 Å². The normalized spacial score (nSPS) is 21.4. The van der Waals surface area contributed by atoms with Crippen LogP contribution in [0.3, 0.4) is 0 Å². The molecule has 0 amide bonds. The molecular formula is C13H20N2O2S. The van der Waals surface area contributed by atoms with E-state index in [1.54, 1.807) is 16.4 Å². The van der Waals surface area contributed by atoms with Gasteiger partial charge in [0.25, 0.3) is 0 Å². The third-order valence-electron chi connectivity index (χ3n) is 3.62. The molecule has 0 saturated carbocycles. The minimum atomic E-state index is -3.36. The molecule has 0 spiro atoms. The summed E-state index contributed by atoms with van der Waals surface area (Å²) in [4.78, 5) is 0.402. The van der Waals surface area contributed by atoms with Crippen LogP contribution in [0.25, 0.3) is 0 Å². The van der Waals surface area contributed by atoms with Crippen LogP contribution < -0.4 is 5.73 Å². The molecule has 1 aromatic carbocycles. The van der Waals surface area contributed by atoms with Gasteiger partial charge in [-0.3, -0.25) is 0 Å². The zero-order chi connectivity index (χ0) is 13.3. The van der Waals surface area contributed by atoms with Gasteiger partial charge in [0.15, 0.2) is 0 Å². The van der Waals surface area contributed by atoms with Crippen molar-refractivity contribution in [2.24, 2.45) is 11.7 Å². The van der Waals surface area contributed by atoms with Crippen molar-refractivity contribution in [1.82, 2.24) is 4.31 Å². The van der Waals surface area contributed by atoms with Crippen LogP contribution >= 0.6 is 0 Å². The number of nitrogens with two attached hydrogens (primary N) is 1. The molecule has 2 rings (SSSR count). The van der Waals surface area contributed by atoms with Crippen molar-refractivity contribution in [2.75, 3.05) is 13.1 Å². The van der Waals surface area contributed by atoms with E-state index in [-0.39, 0.29) is 0 Å². The monoisotopic (exact) mass is 268 g/mol.